The van der Waals surface area contributed by atoms with Crippen LogP contribution < -0.4 is 4.74 Å². The Morgan fingerprint density at radius 3 is 2.54 bits per heavy atom. The largest absolute Gasteiger partial charge is 0.491 e. The zero-order valence-electron chi connectivity index (χ0n) is 6.91. The second-order valence-electron chi connectivity index (χ2n) is 2.57. The maximum absolute atomic E-state index is 12.4. The quantitative estimate of drug-likeness (QED) is 0.758. The number of hydrogen-bond acceptors (Lipinski definition) is 2. The van der Waals surface area contributed by atoms with Crippen molar-refractivity contribution in [2.45, 2.75) is 6.10 Å². The minimum Gasteiger partial charge on any atom is -0.491 e. The smallest absolute Gasteiger partial charge is 0.123 e. The second-order valence-corrected chi connectivity index (χ2v) is 2.88. The molecule has 13 heavy (non-hydrogen) atoms. The van der Waals surface area contributed by atoms with Crippen LogP contribution >= 0.6 is 11.6 Å². The third-order valence-corrected chi connectivity index (χ3v) is 1.79. The first-order valence-corrected chi connectivity index (χ1v) is 4.38. The van der Waals surface area contributed by atoms with Crippen LogP contribution in [0.2, 0.25) is 0 Å². The molecule has 0 aliphatic rings. The lowest BCUT2D eigenvalue weighted by molar-refractivity contribution is 0.125. The molecular weight excluding hydrogens is 195 g/mol. The van der Waals surface area contributed by atoms with Crippen LogP contribution in [0.5, 0.6) is 5.75 Å². The molecule has 0 fully saturated rings. The van der Waals surface area contributed by atoms with Crippen molar-refractivity contribution in [2.24, 2.45) is 0 Å². The Morgan fingerprint density at radius 2 is 2.00 bits per heavy atom. The van der Waals surface area contributed by atoms with E-state index in [0.717, 1.165) is 0 Å². The summed E-state index contributed by atoms with van der Waals surface area (Å²) < 4.78 is 17.5. The Labute approximate surface area is 80.9 Å². The highest BCUT2D eigenvalue weighted by atomic mass is 35.5. The van der Waals surface area contributed by atoms with Crippen LogP contribution in [-0.2, 0) is 0 Å². The highest BCUT2D eigenvalue weighted by Gasteiger charge is 2.02. The van der Waals surface area contributed by atoms with Gasteiger partial charge in [-0.05, 0) is 24.3 Å². The maximum atomic E-state index is 12.4. The number of alkyl halides is 1. The summed E-state index contributed by atoms with van der Waals surface area (Å²) in [5.41, 5.74) is 0. The number of rotatable bonds is 4. The van der Waals surface area contributed by atoms with Gasteiger partial charge in [-0.15, -0.1) is 11.6 Å². The van der Waals surface area contributed by atoms with E-state index in [4.69, 9.17) is 21.4 Å². The zero-order valence-corrected chi connectivity index (χ0v) is 7.67. The van der Waals surface area contributed by atoms with Crippen molar-refractivity contribution in [1.82, 2.24) is 0 Å². The maximum Gasteiger partial charge on any atom is 0.123 e. The molecule has 0 bridgehead atoms. The highest BCUT2D eigenvalue weighted by molar-refractivity contribution is 6.18. The van der Waals surface area contributed by atoms with Crippen LogP contribution in [0.3, 0.4) is 0 Å². The zero-order chi connectivity index (χ0) is 9.68. The van der Waals surface area contributed by atoms with Gasteiger partial charge in [0.05, 0.1) is 5.88 Å². The molecule has 2 nitrogen and oxygen atoms in total. The summed E-state index contributed by atoms with van der Waals surface area (Å²) in [6, 6.07) is 5.58. The lowest BCUT2D eigenvalue weighted by Crippen LogP contribution is -2.18. The molecule has 1 aromatic rings. The van der Waals surface area contributed by atoms with E-state index in [0.29, 0.717) is 5.75 Å². The lowest BCUT2D eigenvalue weighted by atomic mass is 10.3. The molecule has 0 radical (unpaired) electrons. The molecule has 0 saturated carbocycles. The van der Waals surface area contributed by atoms with E-state index in [1.165, 1.54) is 24.3 Å². The van der Waals surface area contributed by atoms with Gasteiger partial charge < -0.3 is 9.84 Å². The van der Waals surface area contributed by atoms with Gasteiger partial charge in [-0.3, -0.25) is 0 Å². The molecule has 0 unspecified atom stereocenters. The molecule has 1 aromatic carbocycles. The molecule has 0 amide bonds. The van der Waals surface area contributed by atoms with Crippen molar-refractivity contribution >= 4 is 11.6 Å². The summed E-state index contributed by atoms with van der Waals surface area (Å²) in [5.74, 6) is 0.331. The van der Waals surface area contributed by atoms with Crippen molar-refractivity contribution in [1.29, 1.82) is 0 Å². The molecule has 0 aliphatic heterocycles. The Balaban J connectivity index is 2.41. The van der Waals surface area contributed by atoms with Gasteiger partial charge in [0.2, 0.25) is 0 Å². The standard InChI is InChI=1S/C9H10ClFO2/c10-5-8(12)6-13-9-3-1-7(11)2-4-9/h1-4,8,12H,5-6H2/t8-/m1/s1. The normalized spacial score (nSPS) is 12.5. The minimum absolute atomic E-state index is 0.120. The Hall–Kier alpha value is -0.800. The van der Waals surface area contributed by atoms with Gasteiger partial charge in [0.15, 0.2) is 0 Å². The van der Waals surface area contributed by atoms with Gasteiger partial charge in [0, 0.05) is 0 Å². The summed E-state index contributed by atoms with van der Waals surface area (Å²) in [7, 11) is 0. The van der Waals surface area contributed by atoms with Crippen LogP contribution in [0.15, 0.2) is 24.3 Å². The second kappa shape index (κ2) is 5.04. The monoisotopic (exact) mass is 204 g/mol. The first kappa shape index (κ1) is 10.3. The van der Waals surface area contributed by atoms with Gasteiger partial charge in [0.25, 0.3) is 0 Å². The lowest BCUT2D eigenvalue weighted by Gasteiger charge is -2.08. The molecule has 0 saturated heterocycles. The number of aliphatic hydroxyl groups excluding tert-OH is 1. The number of hydrogen-bond donors (Lipinski definition) is 1. The number of ether oxygens (including phenoxy) is 1. The van der Waals surface area contributed by atoms with Crippen molar-refractivity contribution < 1.29 is 14.2 Å². The molecule has 1 atom stereocenters. The van der Waals surface area contributed by atoms with E-state index in [1.807, 2.05) is 0 Å². The summed E-state index contributed by atoms with van der Waals surface area (Å²) in [6.07, 6.45) is -0.688. The van der Waals surface area contributed by atoms with E-state index in [1.54, 1.807) is 0 Å². The van der Waals surface area contributed by atoms with Gasteiger partial charge in [-0.2, -0.15) is 0 Å². The third-order valence-electron chi connectivity index (χ3n) is 1.43. The molecular formula is C9H10ClFO2. The number of aliphatic hydroxyl groups is 1. The predicted octanol–water partition coefficient (Wildman–Crippen LogP) is 1.80. The van der Waals surface area contributed by atoms with Gasteiger partial charge >= 0.3 is 0 Å². The molecule has 4 heteroatoms. The van der Waals surface area contributed by atoms with E-state index in [-0.39, 0.29) is 18.3 Å². The Bertz CT molecular complexity index is 250. The molecule has 0 heterocycles. The molecule has 1 rings (SSSR count). The molecule has 72 valence electrons. The van der Waals surface area contributed by atoms with E-state index >= 15 is 0 Å². The summed E-state index contributed by atoms with van der Waals surface area (Å²) >= 11 is 5.35. The van der Waals surface area contributed by atoms with E-state index < -0.39 is 6.10 Å². The van der Waals surface area contributed by atoms with Crippen molar-refractivity contribution in [3.63, 3.8) is 0 Å². The van der Waals surface area contributed by atoms with Crippen LogP contribution in [0.25, 0.3) is 0 Å². The van der Waals surface area contributed by atoms with Crippen molar-refractivity contribution in [3.8, 4) is 5.75 Å². The first-order valence-electron chi connectivity index (χ1n) is 3.85. The van der Waals surface area contributed by atoms with E-state index in [2.05, 4.69) is 0 Å². The van der Waals surface area contributed by atoms with Crippen LogP contribution in [0, 0.1) is 5.82 Å². The molecule has 0 spiro atoms. The summed E-state index contributed by atoms with van der Waals surface area (Å²) in [5, 5.41) is 9.04. The average Bonchev–Trinajstić information content (AvgIpc) is 2.16. The van der Waals surface area contributed by atoms with Crippen LogP contribution in [-0.4, -0.2) is 23.7 Å². The highest BCUT2D eigenvalue weighted by Crippen LogP contribution is 2.11. The fraction of sp³-hybridized carbons (Fsp3) is 0.333. The number of halogens is 2. The van der Waals surface area contributed by atoms with Crippen LogP contribution in [0.1, 0.15) is 0 Å². The average molecular weight is 205 g/mol. The fourth-order valence-corrected chi connectivity index (χ4v) is 0.857. The molecule has 0 aromatic heterocycles. The molecule has 0 aliphatic carbocycles. The van der Waals surface area contributed by atoms with Gasteiger partial charge in [0.1, 0.15) is 24.3 Å². The summed E-state index contributed by atoms with van der Waals surface area (Å²) in [4.78, 5) is 0. The topological polar surface area (TPSA) is 29.5 Å². The summed E-state index contributed by atoms with van der Waals surface area (Å²) in [6.45, 7) is 0.120. The fourth-order valence-electron chi connectivity index (χ4n) is 0.768. The van der Waals surface area contributed by atoms with Gasteiger partial charge in [-0.1, -0.05) is 0 Å². The molecule has 1 N–H and O–H groups in total. The first-order chi connectivity index (χ1) is 6.22. The van der Waals surface area contributed by atoms with Crippen molar-refractivity contribution in [2.75, 3.05) is 12.5 Å². The van der Waals surface area contributed by atoms with Crippen LogP contribution in [0.4, 0.5) is 4.39 Å². The Kier molecular flexibility index (Phi) is 3.99. The SMILES string of the molecule is O[C@H](CCl)COc1ccc(F)cc1. The Morgan fingerprint density at radius 1 is 1.38 bits per heavy atom. The third kappa shape index (κ3) is 3.61. The van der Waals surface area contributed by atoms with Crippen molar-refractivity contribution in [3.05, 3.63) is 30.1 Å². The minimum atomic E-state index is -0.688. The van der Waals surface area contributed by atoms with E-state index in [9.17, 15) is 4.39 Å². The predicted molar refractivity (Wildman–Crippen MR) is 48.6 cm³/mol. The van der Waals surface area contributed by atoms with Gasteiger partial charge in [-0.25, -0.2) is 4.39 Å². The number of benzene rings is 1.